The Bertz CT molecular complexity index is 459. The summed E-state index contributed by atoms with van der Waals surface area (Å²) in [4.78, 5) is 29.7. The fraction of sp³-hybridized carbons (Fsp3) is 0.882. The first-order valence-corrected chi connectivity index (χ1v) is 8.86. The maximum atomic E-state index is 12.2. The average molecular weight is 341 g/mol. The highest BCUT2D eigenvalue weighted by Gasteiger charge is 2.47. The molecule has 0 aromatic rings. The molecular weight excluding hydrogens is 310 g/mol. The molecule has 2 amide bonds. The van der Waals surface area contributed by atoms with Crippen molar-refractivity contribution in [1.29, 1.82) is 0 Å². The summed E-state index contributed by atoms with van der Waals surface area (Å²) in [5, 5.41) is 9.41. The number of hydrogen-bond acceptors (Lipinski definition) is 5. The van der Waals surface area contributed by atoms with Gasteiger partial charge in [0.05, 0.1) is 6.54 Å². The number of likely N-dealkylation sites (tertiary alicyclic amines) is 1. The lowest BCUT2D eigenvalue weighted by Crippen LogP contribution is -2.50. The second-order valence-corrected chi connectivity index (χ2v) is 7.63. The third kappa shape index (κ3) is 4.60. The molecule has 1 unspecified atom stereocenters. The Labute approximate surface area is 144 Å². The Hall–Kier alpha value is -1.34. The number of piperidine rings is 1. The molecule has 24 heavy (non-hydrogen) atoms. The van der Waals surface area contributed by atoms with Crippen molar-refractivity contribution in [3.05, 3.63) is 0 Å². The third-order valence-corrected chi connectivity index (χ3v) is 4.81. The molecular formula is C17H31N3O4. The first-order chi connectivity index (χ1) is 11.2. The van der Waals surface area contributed by atoms with Gasteiger partial charge in [-0.1, -0.05) is 13.8 Å². The van der Waals surface area contributed by atoms with Gasteiger partial charge in [0, 0.05) is 45.6 Å². The maximum Gasteiger partial charge on any atom is 0.410 e. The molecule has 0 aromatic carbocycles. The van der Waals surface area contributed by atoms with Crippen molar-refractivity contribution >= 4 is 12.0 Å². The summed E-state index contributed by atoms with van der Waals surface area (Å²) in [5.74, 6) is 0.351. The van der Waals surface area contributed by atoms with Crippen molar-refractivity contribution in [1.82, 2.24) is 14.7 Å². The molecule has 2 heterocycles. The van der Waals surface area contributed by atoms with Crippen molar-refractivity contribution in [3.63, 3.8) is 0 Å². The molecule has 0 aromatic heterocycles. The summed E-state index contributed by atoms with van der Waals surface area (Å²) >= 11 is 0. The molecule has 2 aliphatic rings. The summed E-state index contributed by atoms with van der Waals surface area (Å²) in [6.07, 6.45) is 0.0480. The highest BCUT2D eigenvalue weighted by atomic mass is 16.6. The third-order valence-electron chi connectivity index (χ3n) is 4.81. The Balaban J connectivity index is 1.83. The van der Waals surface area contributed by atoms with E-state index >= 15 is 0 Å². The van der Waals surface area contributed by atoms with Gasteiger partial charge in [-0.05, 0) is 19.9 Å². The number of nitrogens with zero attached hydrogens (tertiary/aromatic N) is 3. The molecule has 0 saturated carbocycles. The van der Waals surface area contributed by atoms with E-state index in [2.05, 4.69) is 25.8 Å². The van der Waals surface area contributed by atoms with Gasteiger partial charge in [-0.25, -0.2) is 4.79 Å². The van der Waals surface area contributed by atoms with Crippen LogP contribution in [0.25, 0.3) is 0 Å². The standard InChI is InChI=1S/C17H31N3O4/c1-13(2)11-18(4)9-10-20-12-17(24-16(20)23)5-7-19(8-6-17)15(22)14(3)21/h13-14,21H,5-12H2,1-4H3. The van der Waals surface area contributed by atoms with Crippen molar-refractivity contribution in [2.75, 3.05) is 46.3 Å². The van der Waals surface area contributed by atoms with Crippen LogP contribution in [0, 0.1) is 5.92 Å². The molecule has 0 radical (unpaired) electrons. The van der Waals surface area contributed by atoms with E-state index in [1.807, 2.05) is 0 Å². The number of amides is 2. The summed E-state index contributed by atoms with van der Waals surface area (Å²) < 4.78 is 5.67. The van der Waals surface area contributed by atoms with E-state index in [0.29, 0.717) is 44.9 Å². The molecule has 2 fully saturated rings. The summed E-state index contributed by atoms with van der Waals surface area (Å²) in [6.45, 7) is 9.99. The molecule has 7 heteroatoms. The van der Waals surface area contributed by atoms with Crippen molar-refractivity contribution in [3.8, 4) is 0 Å². The zero-order chi connectivity index (χ0) is 17.9. The van der Waals surface area contributed by atoms with Crippen LogP contribution in [-0.2, 0) is 9.53 Å². The van der Waals surface area contributed by atoms with Crippen LogP contribution in [0.2, 0.25) is 0 Å². The van der Waals surface area contributed by atoms with E-state index in [1.165, 1.54) is 6.92 Å². The number of likely N-dealkylation sites (N-methyl/N-ethyl adjacent to an activating group) is 1. The molecule has 0 bridgehead atoms. The van der Waals surface area contributed by atoms with E-state index in [-0.39, 0.29) is 12.0 Å². The Morgan fingerprint density at radius 1 is 1.33 bits per heavy atom. The number of rotatable bonds is 6. The van der Waals surface area contributed by atoms with Crippen LogP contribution in [-0.4, -0.2) is 89.8 Å². The number of ether oxygens (including phenoxy) is 1. The second kappa shape index (κ2) is 7.70. The highest BCUT2D eigenvalue weighted by Crippen LogP contribution is 2.33. The van der Waals surface area contributed by atoms with Crippen LogP contribution < -0.4 is 0 Å². The summed E-state index contributed by atoms with van der Waals surface area (Å²) in [6, 6.07) is 0. The van der Waals surface area contributed by atoms with E-state index in [4.69, 9.17) is 4.74 Å². The zero-order valence-electron chi connectivity index (χ0n) is 15.3. The normalized spacial score (nSPS) is 21.7. The van der Waals surface area contributed by atoms with Gasteiger partial charge in [0.1, 0.15) is 11.7 Å². The molecule has 2 aliphatic heterocycles. The van der Waals surface area contributed by atoms with Crippen LogP contribution >= 0.6 is 0 Å². The van der Waals surface area contributed by atoms with Gasteiger partial charge in [-0.2, -0.15) is 0 Å². The quantitative estimate of drug-likeness (QED) is 0.772. The SMILES string of the molecule is CC(C)CN(C)CCN1CC2(CCN(C(=O)C(C)O)CC2)OC1=O. The number of aliphatic hydroxyl groups excluding tert-OH is 1. The van der Waals surface area contributed by atoms with Crippen LogP contribution in [0.3, 0.4) is 0 Å². The molecule has 0 aliphatic carbocycles. The minimum atomic E-state index is -0.974. The summed E-state index contributed by atoms with van der Waals surface area (Å²) in [7, 11) is 2.07. The predicted molar refractivity (Wildman–Crippen MR) is 90.6 cm³/mol. The monoisotopic (exact) mass is 341 g/mol. The number of aliphatic hydroxyl groups is 1. The van der Waals surface area contributed by atoms with Gasteiger partial charge in [0.25, 0.3) is 5.91 Å². The minimum Gasteiger partial charge on any atom is -0.441 e. The molecule has 7 nitrogen and oxygen atoms in total. The Morgan fingerprint density at radius 2 is 1.96 bits per heavy atom. The number of hydrogen-bond donors (Lipinski definition) is 1. The lowest BCUT2D eigenvalue weighted by atomic mass is 9.91. The van der Waals surface area contributed by atoms with Crippen LogP contribution in [0.15, 0.2) is 0 Å². The first-order valence-electron chi connectivity index (χ1n) is 8.86. The molecule has 1 atom stereocenters. The first kappa shape index (κ1) is 19.0. The number of carbonyl (C=O) groups excluding carboxylic acids is 2. The lowest BCUT2D eigenvalue weighted by molar-refractivity contribution is -0.142. The molecule has 1 spiro atoms. The van der Waals surface area contributed by atoms with Crippen molar-refractivity contribution in [2.45, 2.75) is 45.3 Å². The predicted octanol–water partition coefficient (Wildman–Crippen LogP) is 0.768. The van der Waals surface area contributed by atoms with Crippen molar-refractivity contribution in [2.24, 2.45) is 5.92 Å². The van der Waals surface area contributed by atoms with E-state index < -0.39 is 11.7 Å². The number of carbonyl (C=O) groups is 2. The summed E-state index contributed by atoms with van der Waals surface area (Å²) in [5.41, 5.74) is -0.469. The second-order valence-electron chi connectivity index (χ2n) is 7.63. The van der Waals surface area contributed by atoms with Gasteiger partial charge in [-0.3, -0.25) is 4.79 Å². The molecule has 2 saturated heterocycles. The van der Waals surface area contributed by atoms with Crippen molar-refractivity contribution < 1.29 is 19.4 Å². The van der Waals surface area contributed by atoms with Gasteiger partial charge in [-0.15, -0.1) is 0 Å². The smallest absolute Gasteiger partial charge is 0.410 e. The fourth-order valence-corrected chi connectivity index (χ4v) is 3.53. The topological polar surface area (TPSA) is 73.3 Å². The molecule has 2 rings (SSSR count). The maximum absolute atomic E-state index is 12.2. The highest BCUT2D eigenvalue weighted by molar-refractivity contribution is 5.80. The largest absolute Gasteiger partial charge is 0.441 e. The lowest BCUT2D eigenvalue weighted by Gasteiger charge is -2.37. The fourth-order valence-electron chi connectivity index (χ4n) is 3.53. The van der Waals surface area contributed by atoms with Gasteiger partial charge in [0.2, 0.25) is 0 Å². The van der Waals surface area contributed by atoms with E-state index in [0.717, 1.165) is 13.1 Å². The van der Waals surface area contributed by atoms with Crippen LogP contribution in [0.1, 0.15) is 33.6 Å². The van der Waals surface area contributed by atoms with E-state index in [1.54, 1.807) is 9.80 Å². The molecule has 1 N–H and O–H groups in total. The molecule has 138 valence electrons. The Morgan fingerprint density at radius 3 is 2.50 bits per heavy atom. The Kier molecular flexibility index (Phi) is 6.09. The van der Waals surface area contributed by atoms with E-state index in [9.17, 15) is 14.7 Å². The van der Waals surface area contributed by atoms with Crippen LogP contribution in [0.5, 0.6) is 0 Å². The van der Waals surface area contributed by atoms with Gasteiger partial charge in [0.15, 0.2) is 0 Å². The van der Waals surface area contributed by atoms with Gasteiger partial charge >= 0.3 is 6.09 Å². The van der Waals surface area contributed by atoms with Gasteiger partial charge < -0.3 is 24.5 Å². The average Bonchev–Trinajstić information content (AvgIpc) is 2.80. The minimum absolute atomic E-state index is 0.247. The zero-order valence-corrected chi connectivity index (χ0v) is 15.3. The van der Waals surface area contributed by atoms with Crippen LogP contribution in [0.4, 0.5) is 4.79 Å².